The highest BCUT2D eigenvalue weighted by molar-refractivity contribution is 7.85. The van der Waals surface area contributed by atoms with Gasteiger partial charge in [-0.25, -0.2) is 0 Å². The Bertz CT molecular complexity index is 242. The number of allylic oxidation sites excluding steroid dienone is 2. The molecule has 4 heteroatoms. The second kappa shape index (κ2) is 8.00. The zero-order chi connectivity index (χ0) is 10.9. The van der Waals surface area contributed by atoms with E-state index in [2.05, 4.69) is 13.0 Å². The Morgan fingerprint density at radius 1 is 1.07 bits per heavy atom. The molecule has 0 aromatic heterocycles. The first kappa shape index (κ1) is 13.7. The molecule has 0 unspecified atom stereocenters. The molecule has 0 saturated carbocycles. The second-order valence-corrected chi connectivity index (χ2v) is 4.97. The molecule has 0 aliphatic rings. The molecule has 1 N–H and O–H groups in total. The Morgan fingerprint density at radius 2 is 1.64 bits per heavy atom. The lowest BCUT2D eigenvalue weighted by atomic mass is 10.2. The first-order valence-electron chi connectivity index (χ1n) is 5.16. The summed E-state index contributed by atoms with van der Waals surface area (Å²) in [6.45, 7) is 2.16. The van der Waals surface area contributed by atoms with Crippen molar-refractivity contribution in [2.75, 3.05) is 5.75 Å². The van der Waals surface area contributed by atoms with Crippen molar-refractivity contribution in [1.82, 2.24) is 0 Å². The zero-order valence-electron chi connectivity index (χ0n) is 8.78. The van der Waals surface area contributed by atoms with E-state index in [1.807, 2.05) is 6.08 Å². The van der Waals surface area contributed by atoms with E-state index in [9.17, 15) is 8.42 Å². The Hall–Kier alpha value is -0.350. The van der Waals surface area contributed by atoms with E-state index in [1.54, 1.807) is 0 Å². The lowest BCUT2D eigenvalue weighted by molar-refractivity contribution is 0.481. The highest BCUT2D eigenvalue weighted by atomic mass is 32.2. The predicted molar refractivity (Wildman–Crippen MR) is 58.9 cm³/mol. The molecule has 84 valence electrons. The topological polar surface area (TPSA) is 54.4 Å². The SMILES string of the molecule is CCCCC/C=C/CCCS(=O)(=O)O. The minimum Gasteiger partial charge on any atom is -0.286 e. The van der Waals surface area contributed by atoms with Gasteiger partial charge in [0.15, 0.2) is 0 Å². The van der Waals surface area contributed by atoms with Crippen molar-refractivity contribution >= 4 is 10.1 Å². The highest BCUT2D eigenvalue weighted by Gasteiger charge is 2.01. The molecule has 0 atom stereocenters. The normalized spacial score (nSPS) is 12.4. The van der Waals surface area contributed by atoms with Gasteiger partial charge in [-0.3, -0.25) is 4.55 Å². The summed E-state index contributed by atoms with van der Waals surface area (Å²) in [5, 5.41) is 0. The molecular formula is C10H20O3S. The molecule has 3 nitrogen and oxygen atoms in total. The van der Waals surface area contributed by atoms with E-state index in [0.29, 0.717) is 6.42 Å². The van der Waals surface area contributed by atoms with Crippen LogP contribution in [0.1, 0.15) is 45.4 Å². The van der Waals surface area contributed by atoms with Gasteiger partial charge in [0.1, 0.15) is 0 Å². The van der Waals surface area contributed by atoms with Gasteiger partial charge in [-0.2, -0.15) is 8.42 Å². The van der Waals surface area contributed by atoms with Crippen LogP contribution in [0.15, 0.2) is 12.2 Å². The molecule has 0 aromatic carbocycles. The van der Waals surface area contributed by atoms with Crippen LogP contribution in [0.5, 0.6) is 0 Å². The fourth-order valence-corrected chi connectivity index (χ4v) is 1.66. The van der Waals surface area contributed by atoms with E-state index in [0.717, 1.165) is 12.8 Å². The second-order valence-electron chi connectivity index (χ2n) is 3.40. The van der Waals surface area contributed by atoms with E-state index >= 15 is 0 Å². The molecule has 0 spiro atoms. The van der Waals surface area contributed by atoms with E-state index in [4.69, 9.17) is 4.55 Å². The first-order valence-corrected chi connectivity index (χ1v) is 6.77. The maximum Gasteiger partial charge on any atom is 0.264 e. The fraction of sp³-hybridized carbons (Fsp3) is 0.800. The van der Waals surface area contributed by atoms with Gasteiger partial charge in [-0.05, 0) is 25.7 Å². The average molecular weight is 220 g/mol. The number of hydrogen-bond donors (Lipinski definition) is 1. The maximum atomic E-state index is 10.3. The molecular weight excluding hydrogens is 200 g/mol. The third-order valence-corrected chi connectivity index (χ3v) is 2.72. The minimum absolute atomic E-state index is 0.133. The third-order valence-electron chi connectivity index (χ3n) is 1.91. The molecule has 0 saturated heterocycles. The van der Waals surface area contributed by atoms with Crippen LogP contribution < -0.4 is 0 Å². The van der Waals surface area contributed by atoms with Gasteiger partial charge in [0.05, 0.1) is 5.75 Å². The summed E-state index contributed by atoms with van der Waals surface area (Å²) in [6, 6.07) is 0. The fourth-order valence-electron chi connectivity index (χ4n) is 1.13. The van der Waals surface area contributed by atoms with Gasteiger partial charge in [0.25, 0.3) is 10.1 Å². The first-order chi connectivity index (χ1) is 6.56. The molecule has 0 aliphatic heterocycles. The van der Waals surface area contributed by atoms with Crippen molar-refractivity contribution in [3.63, 3.8) is 0 Å². The van der Waals surface area contributed by atoms with Crippen LogP contribution in [0.2, 0.25) is 0 Å². The summed E-state index contributed by atoms with van der Waals surface area (Å²) in [6.07, 6.45) is 10.0. The number of unbranched alkanes of at least 4 members (excludes halogenated alkanes) is 4. The summed E-state index contributed by atoms with van der Waals surface area (Å²) in [5.74, 6) is -0.133. The lowest BCUT2D eigenvalue weighted by Crippen LogP contribution is -2.02. The van der Waals surface area contributed by atoms with Gasteiger partial charge in [-0.15, -0.1) is 0 Å². The quantitative estimate of drug-likeness (QED) is 0.389. The average Bonchev–Trinajstić information content (AvgIpc) is 2.08. The molecule has 14 heavy (non-hydrogen) atoms. The van der Waals surface area contributed by atoms with E-state index < -0.39 is 10.1 Å². The molecule has 0 radical (unpaired) electrons. The van der Waals surface area contributed by atoms with Gasteiger partial charge >= 0.3 is 0 Å². The van der Waals surface area contributed by atoms with Crippen molar-refractivity contribution in [2.45, 2.75) is 45.4 Å². The molecule has 0 amide bonds. The molecule has 0 aliphatic carbocycles. The van der Waals surface area contributed by atoms with Crippen LogP contribution in [0.4, 0.5) is 0 Å². The van der Waals surface area contributed by atoms with Crippen molar-refractivity contribution < 1.29 is 13.0 Å². The van der Waals surface area contributed by atoms with Crippen LogP contribution in [0.3, 0.4) is 0 Å². The summed E-state index contributed by atoms with van der Waals surface area (Å²) in [7, 11) is -3.76. The summed E-state index contributed by atoms with van der Waals surface area (Å²) < 4.78 is 29.1. The largest absolute Gasteiger partial charge is 0.286 e. The predicted octanol–water partition coefficient (Wildman–Crippen LogP) is 2.79. The smallest absolute Gasteiger partial charge is 0.264 e. The molecule has 0 fully saturated rings. The van der Waals surface area contributed by atoms with Crippen molar-refractivity contribution in [3.8, 4) is 0 Å². The Kier molecular flexibility index (Phi) is 7.80. The van der Waals surface area contributed by atoms with Gasteiger partial charge < -0.3 is 0 Å². The van der Waals surface area contributed by atoms with Crippen LogP contribution in [-0.4, -0.2) is 18.7 Å². The molecule has 0 rings (SSSR count). The Labute approximate surface area is 87.0 Å². The number of hydrogen-bond acceptors (Lipinski definition) is 2. The van der Waals surface area contributed by atoms with E-state index in [-0.39, 0.29) is 5.75 Å². The van der Waals surface area contributed by atoms with Gasteiger partial charge in [-0.1, -0.05) is 31.9 Å². The standard InChI is InChI=1S/C10H20O3S/c1-2-3-4-5-6-7-8-9-10-14(11,12)13/h6-7H,2-5,8-10H2,1H3,(H,11,12,13)/b7-6+. The molecule has 0 aromatic rings. The van der Waals surface area contributed by atoms with Crippen LogP contribution in [-0.2, 0) is 10.1 Å². The Balaban J connectivity index is 3.28. The molecule has 0 heterocycles. The summed E-state index contributed by atoms with van der Waals surface area (Å²) in [5.41, 5.74) is 0. The van der Waals surface area contributed by atoms with Crippen LogP contribution in [0, 0.1) is 0 Å². The summed E-state index contributed by atoms with van der Waals surface area (Å²) in [4.78, 5) is 0. The number of rotatable bonds is 8. The lowest BCUT2D eigenvalue weighted by Gasteiger charge is -1.94. The molecule has 0 bridgehead atoms. The van der Waals surface area contributed by atoms with Crippen molar-refractivity contribution in [2.24, 2.45) is 0 Å². The zero-order valence-corrected chi connectivity index (χ0v) is 9.59. The van der Waals surface area contributed by atoms with E-state index in [1.165, 1.54) is 19.3 Å². The van der Waals surface area contributed by atoms with Crippen LogP contribution in [0.25, 0.3) is 0 Å². The third kappa shape index (κ3) is 11.6. The van der Waals surface area contributed by atoms with Crippen molar-refractivity contribution in [3.05, 3.63) is 12.2 Å². The summed E-state index contributed by atoms with van der Waals surface area (Å²) >= 11 is 0. The Morgan fingerprint density at radius 3 is 2.14 bits per heavy atom. The van der Waals surface area contributed by atoms with Crippen molar-refractivity contribution in [1.29, 1.82) is 0 Å². The van der Waals surface area contributed by atoms with Crippen LogP contribution >= 0.6 is 0 Å². The highest BCUT2D eigenvalue weighted by Crippen LogP contribution is 2.01. The van der Waals surface area contributed by atoms with Gasteiger partial charge in [0.2, 0.25) is 0 Å². The van der Waals surface area contributed by atoms with Gasteiger partial charge in [0, 0.05) is 0 Å². The maximum absolute atomic E-state index is 10.3. The monoisotopic (exact) mass is 220 g/mol. The minimum atomic E-state index is -3.76.